The number of hydrogen-bond acceptors (Lipinski definition) is 3. The maximum Gasteiger partial charge on any atom is 0.249 e. The minimum absolute atomic E-state index is 0.420. The summed E-state index contributed by atoms with van der Waals surface area (Å²) < 4.78 is 0.730. The number of amides is 1. The highest BCUT2D eigenvalue weighted by atomic mass is 79.9. The lowest BCUT2D eigenvalue weighted by atomic mass is 10.2. The van der Waals surface area contributed by atoms with Crippen LogP contribution in [0, 0.1) is 0 Å². The van der Waals surface area contributed by atoms with Crippen molar-refractivity contribution in [1.82, 2.24) is 5.32 Å². The van der Waals surface area contributed by atoms with E-state index in [0.717, 1.165) is 23.2 Å². The summed E-state index contributed by atoms with van der Waals surface area (Å²) in [5, 5.41) is 3.09. The number of benzene rings is 1. The number of primary amides is 1. The fourth-order valence-electron chi connectivity index (χ4n) is 1.35. The maximum absolute atomic E-state index is 11.0. The number of likely N-dealkylation sites (N-methyl/N-ethyl adjacent to an activating group) is 2. The lowest BCUT2D eigenvalue weighted by Crippen LogP contribution is -2.27. The molecule has 1 aromatic rings. The molecule has 0 radical (unpaired) electrons. The first kappa shape index (κ1) is 13.0. The van der Waals surface area contributed by atoms with Gasteiger partial charge in [0.2, 0.25) is 5.91 Å². The van der Waals surface area contributed by atoms with Gasteiger partial charge in [-0.3, -0.25) is 4.79 Å². The number of carbonyl (C=O) groups is 1. The van der Waals surface area contributed by atoms with Crippen LogP contribution < -0.4 is 16.0 Å². The van der Waals surface area contributed by atoms with Crippen molar-refractivity contribution in [3.63, 3.8) is 0 Å². The second-order valence-electron chi connectivity index (χ2n) is 3.55. The molecule has 88 valence electrons. The lowest BCUT2D eigenvalue weighted by molar-refractivity contribution is 0.0999. The molecule has 0 spiro atoms. The van der Waals surface area contributed by atoms with E-state index >= 15 is 0 Å². The first-order chi connectivity index (χ1) is 7.56. The highest BCUT2D eigenvalue weighted by molar-refractivity contribution is 9.10. The predicted molar refractivity (Wildman–Crippen MR) is 69.9 cm³/mol. The zero-order valence-electron chi connectivity index (χ0n) is 9.46. The van der Waals surface area contributed by atoms with Gasteiger partial charge in [0.15, 0.2) is 0 Å². The molecule has 16 heavy (non-hydrogen) atoms. The molecule has 0 fully saturated rings. The summed E-state index contributed by atoms with van der Waals surface area (Å²) in [7, 11) is 3.92. The molecule has 0 aliphatic rings. The monoisotopic (exact) mass is 285 g/mol. The van der Waals surface area contributed by atoms with Crippen LogP contribution in [0.15, 0.2) is 22.7 Å². The number of carbonyl (C=O) groups excluding carboxylic acids is 1. The Morgan fingerprint density at radius 3 is 2.75 bits per heavy atom. The fraction of sp³-hybridized carbons (Fsp3) is 0.364. The van der Waals surface area contributed by atoms with E-state index in [1.54, 1.807) is 6.07 Å². The van der Waals surface area contributed by atoms with Crippen LogP contribution in [0.1, 0.15) is 10.4 Å². The van der Waals surface area contributed by atoms with Crippen molar-refractivity contribution in [1.29, 1.82) is 0 Å². The van der Waals surface area contributed by atoms with Gasteiger partial charge < -0.3 is 16.0 Å². The van der Waals surface area contributed by atoms with Gasteiger partial charge in [-0.05, 0) is 41.2 Å². The Kier molecular flexibility index (Phi) is 4.76. The van der Waals surface area contributed by atoms with E-state index in [0.29, 0.717) is 5.56 Å². The Labute approximate surface area is 104 Å². The summed E-state index contributed by atoms with van der Waals surface area (Å²) in [5.74, 6) is -0.420. The summed E-state index contributed by atoms with van der Waals surface area (Å²) in [6.45, 7) is 1.81. The molecule has 5 heteroatoms. The third kappa shape index (κ3) is 3.21. The maximum atomic E-state index is 11.0. The molecule has 4 nitrogen and oxygen atoms in total. The van der Waals surface area contributed by atoms with Gasteiger partial charge in [0.25, 0.3) is 0 Å². The summed E-state index contributed by atoms with van der Waals surface area (Å²) in [5.41, 5.74) is 6.78. The van der Waals surface area contributed by atoms with Crippen molar-refractivity contribution in [2.24, 2.45) is 5.73 Å². The van der Waals surface area contributed by atoms with Gasteiger partial charge in [-0.25, -0.2) is 0 Å². The summed E-state index contributed by atoms with van der Waals surface area (Å²) in [6, 6.07) is 5.52. The summed E-state index contributed by atoms with van der Waals surface area (Å²) in [6.07, 6.45) is 0. The summed E-state index contributed by atoms with van der Waals surface area (Å²) >= 11 is 3.34. The highest BCUT2D eigenvalue weighted by Crippen LogP contribution is 2.23. The predicted octanol–water partition coefficient (Wildman–Crippen LogP) is 1.20. The van der Waals surface area contributed by atoms with Crippen LogP contribution in [0.25, 0.3) is 0 Å². The molecule has 3 N–H and O–H groups in total. The average molecular weight is 286 g/mol. The third-order valence-electron chi connectivity index (χ3n) is 2.36. The van der Waals surface area contributed by atoms with Crippen molar-refractivity contribution in [3.8, 4) is 0 Å². The quantitative estimate of drug-likeness (QED) is 0.855. The molecule has 0 bridgehead atoms. The number of nitrogens with zero attached hydrogens (tertiary/aromatic N) is 1. The minimum atomic E-state index is -0.420. The van der Waals surface area contributed by atoms with Crippen molar-refractivity contribution in [2.45, 2.75) is 0 Å². The Morgan fingerprint density at radius 1 is 1.56 bits per heavy atom. The van der Waals surface area contributed by atoms with Crippen LogP contribution in [0.5, 0.6) is 0 Å². The van der Waals surface area contributed by atoms with Crippen LogP contribution >= 0.6 is 15.9 Å². The minimum Gasteiger partial charge on any atom is -0.373 e. The fourth-order valence-corrected chi connectivity index (χ4v) is 1.91. The molecule has 0 aliphatic heterocycles. The number of hydrogen-bond donors (Lipinski definition) is 2. The van der Waals surface area contributed by atoms with Gasteiger partial charge in [0.05, 0.1) is 5.56 Å². The van der Waals surface area contributed by atoms with Gasteiger partial charge in [-0.1, -0.05) is 0 Å². The van der Waals surface area contributed by atoms with Gasteiger partial charge in [0, 0.05) is 30.3 Å². The molecule has 0 unspecified atom stereocenters. The third-order valence-corrected chi connectivity index (χ3v) is 3.01. The van der Waals surface area contributed by atoms with E-state index in [1.165, 1.54) is 0 Å². The second-order valence-corrected chi connectivity index (χ2v) is 4.41. The van der Waals surface area contributed by atoms with Gasteiger partial charge >= 0.3 is 0 Å². The molecular weight excluding hydrogens is 270 g/mol. The molecule has 1 amide bonds. The van der Waals surface area contributed by atoms with Crippen LogP contribution in [0.2, 0.25) is 0 Å². The molecule has 0 aromatic heterocycles. The first-order valence-corrected chi connectivity index (χ1v) is 5.80. The smallest absolute Gasteiger partial charge is 0.249 e. The molecule has 0 aliphatic carbocycles. The summed E-state index contributed by atoms with van der Waals surface area (Å²) in [4.78, 5) is 13.1. The van der Waals surface area contributed by atoms with E-state index in [4.69, 9.17) is 5.73 Å². The Bertz CT molecular complexity index is 381. The van der Waals surface area contributed by atoms with Crippen LogP contribution in [0.3, 0.4) is 0 Å². The Hall–Kier alpha value is -1.07. The van der Waals surface area contributed by atoms with Crippen LogP contribution in [0.4, 0.5) is 5.69 Å². The first-order valence-electron chi connectivity index (χ1n) is 5.01. The number of halogens is 1. The van der Waals surface area contributed by atoms with E-state index in [1.807, 2.05) is 26.2 Å². The number of rotatable bonds is 5. The Balaban J connectivity index is 2.84. The van der Waals surface area contributed by atoms with Gasteiger partial charge in [-0.15, -0.1) is 0 Å². The molecule has 0 heterocycles. The van der Waals surface area contributed by atoms with E-state index in [-0.39, 0.29) is 0 Å². The second kappa shape index (κ2) is 5.86. The van der Waals surface area contributed by atoms with Gasteiger partial charge in [0.1, 0.15) is 0 Å². The average Bonchev–Trinajstić information content (AvgIpc) is 2.25. The van der Waals surface area contributed by atoms with Crippen molar-refractivity contribution in [2.75, 3.05) is 32.1 Å². The zero-order chi connectivity index (χ0) is 12.1. The lowest BCUT2D eigenvalue weighted by Gasteiger charge is -2.19. The number of nitrogens with two attached hydrogens (primary N) is 1. The van der Waals surface area contributed by atoms with E-state index in [2.05, 4.69) is 26.1 Å². The van der Waals surface area contributed by atoms with E-state index < -0.39 is 5.91 Å². The largest absolute Gasteiger partial charge is 0.373 e. The standard InChI is InChI=1S/C11H16BrN3O/c1-14-5-6-15(2)8-3-4-9(11(13)16)10(12)7-8/h3-4,7,14H,5-6H2,1-2H3,(H2,13,16). The molecule has 0 saturated heterocycles. The van der Waals surface area contributed by atoms with Crippen molar-refractivity contribution >= 4 is 27.5 Å². The van der Waals surface area contributed by atoms with Gasteiger partial charge in [-0.2, -0.15) is 0 Å². The molecule has 0 atom stereocenters. The molecule has 1 aromatic carbocycles. The van der Waals surface area contributed by atoms with Crippen LogP contribution in [-0.2, 0) is 0 Å². The SMILES string of the molecule is CNCCN(C)c1ccc(C(N)=O)c(Br)c1. The zero-order valence-corrected chi connectivity index (χ0v) is 11.0. The molecular formula is C11H16BrN3O. The number of nitrogens with one attached hydrogen (secondary N) is 1. The number of anilines is 1. The molecule has 1 rings (SSSR count). The van der Waals surface area contributed by atoms with Crippen LogP contribution in [-0.4, -0.2) is 33.1 Å². The highest BCUT2D eigenvalue weighted by Gasteiger charge is 2.08. The molecule has 0 saturated carbocycles. The van der Waals surface area contributed by atoms with Crippen molar-refractivity contribution in [3.05, 3.63) is 28.2 Å². The Morgan fingerprint density at radius 2 is 2.25 bits per heavy atom. The van der Waals surface area contributed by atoms with E-state index in [9.17, 15) is 4.79 Å². The topological polar surface area (TPSA) is 58.4 Å². The normalized spacial score (nSPS) is 10.2. The van der Waals surface area contributed by atoms with Crippen molar-refractivity contribution < 1.29 is 4.79 Å².